The summed E-state index contributed by atoms with van der Waals surface area (Å²) < 4.78 is 16.4. The number of furan rings is 1. The van der Waals surface area contributed by atoms with Crippen LogP contribution < -0.4 is 9.47 Å². The minimum Gasteiger partial charge on any atom is -0.504 e. The molecule has 0 fully saturated rings. The molecule has 0 saturated carbocycles. The van der Waals surface area contributed by atoms with Gasteiger partial charge in [-0.05, 0) is 73.2 Å². The predicted octanol–water partition coefficient (Wildman–Crippen LogP) is 5.43. The van der Waals surface area contributed by atoms with Crippen LogP contribution in [0.3, 0.4) is 0 Å². The Morgan fingerprint density at radius 3 is 2.75 bits per heavy atom. The smallest absolute Gasteiger partial charge is 0.186 e. The maximum Gasteiger partial charge on any atom is 0.186 e. The number of carbonyl (C=O) groups excluding carboxylic acids is 1. The molecule has 0 aliphatic rings. The summed E-state index contributed by atoms with van der Waals surface area (Å²) in [6.45, 7) is 2.17. The molecule has 28 heavy (non-hydrogen) atoms. The highest BCUT2D eigenvalue weighted by Gasteiger charge is 2.08. The van der Waals surface area contributed by atoms with Crippen molar-refractivity contribution >= 4 is 23.5 Å². The molecule has 3 aromatic rings. The van der Waals surface area contributed by atoms with E-state index in [1.54, 1.807) is 30.3 Å². The van der Waals surface area contributed by atoms with Gasteiger partial charge < -0.3 is 19.0 Å². The zero-order chi connectivity index (χ0) is 20.1. The number of benzene rings is 2. The first-order valence-corrected chi connectivity index (χ1v) is 8.91. The molecule has 144 valence electrons. The van der Waals surface area contributed by atoms with Gasteiger partial charge in [0.15, 0.2) is 17.3 Å². The molecule has 6 heteroatoms. The molecule has 0 radical (unpaired) electrons. The molecule has 0 amide bonds. The molecule has 5 nitrogen and oxygen atoms in total. The SMILES string of the molecule is COc1cc(C(=O)/C=C/c2ccc(COc3ccc(Cl)c(C)c3)o2)ccc1O. The standard InChI is InChI=1S/C22H19ClO5/c1-14-11-17(6-8-19(14)23)27-13-18-5-4-16(28-18)7-10-20(24)15-3-9-21(25)22(12-15)26-2/h3-12,25H,13H2,1-2H3/b10-7+. The summed E-state index contributed by atoms with van der Waals surface area (Å²) in [5.41, 5.74) is 1.34. The minimum atomic E-state index is -0.232. The Kier molecular flexibility index (Phi) is 6.06. The minimum absolute atomic E-state index is 0.0189. The summed E-state index contributed by atoms with van der Waals surface area (Å²) >= 11 is 6.00. The Morgan fingerprint density at radius 2 is 2.00 bits per heavy atom. The third-order valence-electron chi connectivity index (χ3n) is 4.06. The number of phenols is 1. The number of aromatic hydroxyl groups is 1. The van der Waals surface area contributed by atoms with Crippen LogP contribution in [0.5, 0.6) is 17.2 Å². The van der Waals surface area contributed by atoms with Gasteiger partial charge in [0.05, 0.1) is 7.11 Å². The van der Waals surface area contributed by atoms with E-state index in [9.17, 15) is 9.90 Å². The number of carbonyl (C=O) groups is 1. The average Bonchev–Trinajstić information content (AvgIpc) is 3.15. The summed E-state index contributed by atoms with van der Waals surface area (Å²) in [5, 5.41) is 10.3. The molecule has 2 aromatic carbocycles. The van der Waals surface area contributed by atoms with Crippen molar-refractivity contribution in [3.8, 4) is 17.2 Å². The van der Waals surface area contributed by atoms with Crippen molar-refractivity contribution in [2.75, 3.05) is 7.11 Å². The highest BCUT2D eigenvalue weighted by Crippen LogP contribution is 2.27. The summed E-state index contributed by atoms with van der Waals surface area (Å²) in [4.78, 5) is 12.3. The van der Waals surface area contributed by atoms with E-state index in [0.29, 0.717) is 27.9 Å². The van der Waals surface area contributed by atoms with Gasteiger partial charge in [0.2, 0.25) is 0 Å². The van der Waals surface area contributed by atoms with Crippen molar-refractivity contribution in [3.05, 3.63) is 82.3 Å². The fourth-order valence-corrected chi connectivity index (χ4v) is 2.63. The fraction of sp³-hybridized carbons (Fsp3) is 0.136. The third-order valence-corrected chi connectivity index (χ3v) is 4.48. The maximum atomic E-state index is 12.3. The van der Waals surface area contributed by atoms with Crippen molar-refractivity contribution in [2.24, 2.45) is 0 Å². The summed E-state index contributed by atoms with van der Waals surface area (Å²) in [6.07, 6.45) is 2.98. The summed E-state index contributed by atoms with van der Waals surface area (Å²) in [5.74, 6) is 1.86. The van der Waals surface area contributed by atoms with Crippen LogP contribution >= 0.6 is 11.6 Å². The molecule has 1 heterocycles. The number of aryl methyl sites for hydroxylation is 1. The number of methoxy groups -OCH3 is 1. The Hall–Kier alpha value is -3.18. The van der Waals surface area contributed by atoms with Crippen LogP contribution in [0.15, 0.2) is 59.0 Å². The van der Waals surface area contributed by atoms with Gasteiger partial charge in [-0.1, -0.05) is 11.6 Å². The first kappa shape index (κ1) is 19.6. The Bertz CT molecular complexity index is 1020. The molecule has 0 saturated heterocycles. The van der Waals surface area contributed by atoms with E-state index in [4.69, 9.17) is 25.5 Å². The highest BCUT2D eigenvalue weighted by molar-refractivity contribution is 6.31. The van der Waals surface area contributed by atoms with E-state index in [-0.39, 0.29) is 23.9 Å². The molecule has 0 aliphatic heterocycles. The topological polar surface area (TPSA) is 68.9 Å². The second kappa shape index (κ2) is 8.67. The predicted molar refractivity (Wildman–Crippen MR) is 107 cm³/mol. The largest absolute Gasteiger partial charge is 0.504 e. The summed E-state index contributed by atoms with van der Waals surface area (Å²) in [7, 11) is 1.43. The van der Waals surface area contributed by atoms with Crippen LogP contribution in [0.1, 0.15) is 27.4 Å². The average molecular weight is 399 g/mol. The van der Waals surface area contributed by atoms with E-state index < -0.39 is 0 Å². The maximum absolute atomic E-state index is 12.3. The fourth-order valence-electron chi connectivity index (χ4n) is 2.51. The van der Waals surface area contributed by atoms with Crippen LogP contribution in [0, 0.1) is 6.92 Å². The molecule has 0 atom stereocenters. The lowest BCUT2D eigenvalue weighted by atomic mass is 10.1. The second-order valence-corrected chi connectivity index (χ2v) is 6.50. The van der Waals surface area contributed by atoms with Crippen LogP contribution in [-0.2, 0) is 6.61 Å². The molecule has 0 aliphatic carbocycles. The van der Waals surface area contributed by atoms with Gasteiger partial charge >= 0.3 is 0 Å². The normalized spacial score (nSPS) is 11.0. The van der Waals surface area contributed by atoms with E-state index >= 15 is 0 Å². The Balaban J connectivity index is 1.62. The Labute approximate surface area is 167 Å². The number of ketones is 1. The van der Waals surface area contributed by atoms with E-state index in [1.165, 1.54) is 31.4 Å². The van der Waals surface area contributed by atoms with Crippen LogP contribution in [0.25, 0.3) is 6.08 Å². The Morgan fingerprint density at radius 1 is 1.18 bits per heavy atom. The lowest BCUT2D eigenvalue weighted by Crippen LogP contribution is -1.95. The number of hydrogen-bond donors (Lipinski definition) is 1. The number of rotatable bonds is 7. The van der Waals surface area contributed by atoms with E-state index in [2.05, 4.69) is 0 Å². The number of halogens is 1. The van der Waals surface area contributed by atoms with Gasteiger partial charge in [-0.25, -0.2) is 0 Å². The van der Waals surface area contributed by atoms with Crippen LogP contribution in [0.4, 0.5) is 0 Å². The van der Waals surface area contributed by atoms with Gasteiger partial charge in [-0.2, -0.15) is 0 Å². The zero-order valence-corrected chi connectivity index (χ0v) is 16.2. The zero-order valence-electron chi connectivity index (χ0n) is 15.4. The van der Waals surface area contributed by atoms with Gasteiger partial charge in [0.25, 0.3) is 0 Å². The monoisotopic (exact) mass is 398 g/mol. The molecule has 0 unspecified atom stereocenters. The first-order chi connectivity index (χ1) is 13.5. The quantitative estimate of drug-likeness (QED) is 0.424. The van der Waals surface area contributed by atoms with Crippen LogP contribution in [0.2, 0.25) is 5.02 Å². The lowest BCUT2D eigenvalue weighted by molar-refractivity contribution is 0.104. The van der Waals surface area contributed by atoms with Gasteiger partial charge in [-0.3, -0.25) is 4.79 Å². The molecule has 1 aromatic heterocycles. The molecular formula is C22H19ClO5. The van der Waals surface area contributed by atoms with Crippen molar-refractivity contribution in [3.63, 3.8) is 0 Å². The highest BCUT2D eigenvalue weighted by atomic mass is 35.5. The molecule has 1 N–H and O–H groups in total. The third kappa shape index (κ3) is 4.75. The molecular weight excluding hydrogens is 380 g/mol. The van der Waals surface area contributed by atoms with Crippen molar-refractivity contribution in [2.45, 2.75) is 13.5 Å². The molecule has 0 bridgehead atoms. The van der Waals surface area contributed by atoms with Crippen molar-refractivity contribution < 1.29 is 23.8 Å². The van der Waals surface area contributed by atoms with E-state index in [1.807, 2.05) is 13.0 Å². The number of allylic oxidation sites excluding steroid dienone is 1. The lowest BCUT2D eigenvalue weighted by Gasteiger charge is -2.06. The van der Waals surface area contributed by atoms with Gasteiger partial charge in [0, 0.05) is 10.6 Å². The number of phenolic OH excluding ortho intramolecular Hbond substituents is 1. The second-order valence-electron chi connectivity index (χ2n) is 6.09. The van der Waals surface area contributed by atoms with Crippen LogP contribution in [-0.4, -0.2) is 18.0 Å². The van der Waals surface area contributed by atoms with Crippen molar-refractivity contribution in [1.82, 2.24) is 0 Å². The number of ether oxygens (including phenoxy) is 2. The van der Waals surface area contributed by atoms with Gasteiger partial charge in [0.1, 0.15) is 23.9 Å². The van der Waals surface area contributed by atoms with Crippen molar-refractivity contribution in [1.29, 1.82) is 0 Å². The first-order valence-electron chi connectivity index (χ1n) is 8.53. The molecule has 0 spiro atoms. The number of hydrogen-bond acceptors (Lipinski definition) is 5. The summed E-state index contributed by atoms with van der Waals surface area (Å²) in [6, 6.07) is 13.4. The molecule has 3 rings (SSSR count). The van der Waals surface area contributed by atoms with Gasteiger partial charge in [-0.15, -0.1) is 0 Å². The van der Waals surface area contributed by atoms with E-state index in [0.717, 1.165) is 5.56 Å².